The van der Waals surface area contributed by atoms with Crippen LogP contribution in [0.1, 0.15) is 25.2 Å². The summed E-state index contributed by atoms with van der Waals surface area (Å²) < 4.78 is 41.8. The zero-order valence-corrected chi connectivity index (χ0v) is 23.8. The van der Waals surface area contributed by atoms with Gasteiger partial charge in [0.1, 0.15) is 11.7 Å². The first-order valence-electron chi connectivity index (χ1n) is 12.6. The van der Waals surface area contributed by atoms with E-state index in [2.05, 4.69) is 36.0 Å². The van der Waals surface area contributed by atoms with Crippen molar-refractivity contribution in [3.8, 4) is 0 Å². The minimum absolute atomic E-state index is 0.0196. The number of thiazole rings is 1. The van der Waals surface area contributed by atoms with Crippen LogP contribution in [0.25, 0.3) is 0 Å². The third-order valence-electron chi connectivity index (χ3n) is 6.96. The number of hydrogen-bond donors (Lipinski definition) is 5. The number of carbonyl (C=O) groups excluding carboxylic acids is 1. The lowest BCUT2D eigenvalue weighted by Crippen LogP contribution is -2.95. The van der Waals surface area contributed by atoms with Crippen LogP contribution >= 0.6 is 11.3 Å². The number of amides is 1. The average Bonchev–Trinajstić information content (AvgIpc) is 3.52. The molecule has 20 heteroatoms. The summed E-state index contributed by atoms with van der Waals surface area (Å²) in [6.45, 7) is 6.76. The van der Waals surface area contributed by atoms with Crippen molar-refractivity contribution in [3.63, 3.8) is 0 Å². The lowest BCUT2D eigenvalue weighted by molar-refractivity contribution is -0.449. The lowest BCUT2D eigenvalue weighted by Gasteiger charge is -2.71. The van der Waals surface area contributed by atoms with Gasteiger partial charge in [-0.1, -0.05) is 10.4 Å². The van der Waals surface area contributed by atoms with Gasteiger partial charge in [-0.25, -0.2) is 14.5 Å². The number of ether oxygens (including phenoxy) is 1. The largest absolute Gasteiger partial charge is 0.478 e. The van der Waals surface area contributed by atoms with Crippen molar-refractivity contribution >= 4 is 44.4 Å². The van der Waals surface area contributed by atoms with Crippen molar-refractivity contribution in [2.24, 2.45) is 5.16 Å². The molecule has 2 aromatic heterocycles. The molecule has 4 aliphatic rings. The maximum absolute atomic E-state index is 13.3. The van der Waals surface area contributed by atoms with E-state index < -0.39 is 45.8 Å². The molecule has 1 amide bonds. The van der Waals surface area contributed by atoms with Crippen LogP contribution in [-0.4, -0.2) is 121 Å². The van der Waals surface area contributed by atoms with Gasteiger partial charge in [-0.05, 0) is 13.8 Å². The summed E-state index contributed by atoms with van der Waals surface area (Å²) in [7, 11) is -4.70. The molecule has 6 N–H and O–H groups in total. The second-order valence-electron chi connectivity index (χ2n) is 10.2. The van der Waals surface area contributed by atoms with E-state index in [-0.39, 0.29) is 23.1 Å². The molecule has 4 saturated heterocycles. The van der Waals surface area contributed by atoms with Crippen LogP contribution in [0, 0.1) is 0 Å². The number of oxime groups is 1. The van der Waals surface area contributed by atoms with Crippen LogP contribution in [-0.2, 0) is 42.4 Å². The normalized spacial score (nSPS) is 25.3. The van der Waals surface area contributed by atoms with Crippen molar-refractivity contribution in [2.75, 3.05) is 38.5 Å². The number of rotatable bonds is 12. The molecule has 2 unspecified atom stereocenters. The number of hydrogen-bond acceptors (Lipinski definition) is 14. The third kappa shape index (κ3) is 5.76. The number of nitrogens with zero attached hydrogens (tertiary/aromatic N) is 7. The van der Waals surface area contributed by atoms with Gasteiger partial charge in [0.05, 0.1) is 12.2 Å². The second-order valence-corrected chi connectivity index (χ2v) is 12.4. The Morgan fingerprint density at radius 1 is 1.39 bits per heavy atom. The van der Waals surface area contributed by atoms with E-state index in [1.165, 1.54) is 23.9 Å². The lowest BCUT2D eigenvalue weighted by atomic mass is 9.84. The molecule has 0 radical (unpaired) electrons. The Hall–Kier alpha value is -3.27. The minimum atomic E-state index is -4.70. The summed E-state index contributed by atoms with van der Waals surface area (Å²) in [5.41, 5.74) is 2.55. The quantitative estimate of drug-likeness (QED) is 0.0960. The number of nitrogen functional groups attached to an aromatic ring is 1. The number of piperazine rings is 1. The first kappa shape index (κ1) is 29.2. The maximum atomic E-state index is 13.3. The standard InChI is InChI=1S/C21H30N10O8S2/c1-20(2,18(33)34)39-27-14(13-10-40-19(22)24-13)16(32)25-15-17-31(41(35,36)37)21(15,38-17)11-30-9-12(26-28-30)3-6-29-7-4-23-5-8-29/h9-10,15,17,23H,3-8,11H2,1-2H3,(H2,22,24)(H,25,32)(H,33,34)(H,35,36,37)/b27-14-/t15-,17?,21?/m0/s1. The molecule has 2 aromatic rings. The maximum Gasteiger partial charge on any atom is 0.350 e. The highest BCUT2D eigenvalue weighted by Crippen LogP contribution is 2.54. The van der Waals surface area contributed by atoms with Gasteiger partial charge < -0.3 is 35.9 Å². The van der Waals surface area contributed by atoms with E-state index in [0.717, 1.165) is 48.4 Å². The Morgan fingerprint density at radius 3 is 2.73 bits per heavy atom. The Bertz CT molecular complexity index is 1450. The van der Waals surface area contributed by atoms with E-state index in [1.54, 1.807) is 6.20 Å². The van der Waals surface area contributed by atoms with Crippen molar-refractivity contribution in [1.29, 1.82) is 0 Å². The first-order chi connectivity index (χ1) is 19.3. The summed E-state index contributed by atoms with van der Waals surface area (Å²) in [6.07, 6.45) is 1.09. The third-order valence-corrected chi connectivity index (χ3v) is 8.65. The summed E-state index contributed by atoms with van der Waals surface area (Å²) in [5, 5.41) is 28.8. The number of aliphatic carboxylic acids is 1. The highest BCUT2D eigenvalue weighted by molar-refractivity contribution is 7.83. The van der Waals surface area contributed by atoms with Crippen molar-refractivity contribution in [2.45, 2.75) is 50.4 Å². The van der Waals surface area contributed by atoms with Gasteiger partial charge in [-0.2, -0.15) is 8.42 Å². The Labute approximate surface area is 238 Å². The van der Waals surface area contributed by atoms with Crippen LogP contribution in [0.2, 0.25) is 0 Å². The Balaban J connectivity index is 1.32. The van der Waals surface area contributed by atoms with E-state index in [4.69, 9.17) is 15.3 Å². The minimum Gasteiger partial charge on any atom is -0.478 e. The number of carbonyl (C=O) groups is 2. The molecule has 3 atom stereocenters. The van der Waals surface area contributed by atoms with Gasteiger partial charge in [0, 0.05) is 50.7 Å². The number of carboxylic acid groups (broad SMARTS) is 1. The van der Waals surface area contributed by atoms with Crippen LogP contribution in [0.4, 0.5) is 5.13 Å². The molecule has 0 spiro atoms. The van der Waals surface area contributed by atoms with Gasteiger partial charge in [-0.15, -0.1) is 20.7 Å². The fourth-order valence-electron chi connectivity index (χ4n) is 4.65. The molecule has 2 bridgehead atoms. The topological polar surface area (TPSA) is 240 Å². The fourth-order valence-corrected chi connectivity index (χ4v) is 6.23. The number of nitrogens with one attached hydrogen (secondary N) is 2. The molecular weight excluding hydrogens is 584 g/mol. The van der Waals surface area contributed by atoms with Crippen molar-refractivity contribution in [1.82, 2.24) is 39.8 Å². The average molecular weight is 615 g/mol. The first-order valence-corrected chi connectivity index (χ1v) is 14.9. The highest BCUT2D eigenvalue weighted by atomic mass is 32.2. The zero-order chi connectivity index (χ0) is 29.6. The van der Waals surface area contributed by atoms with Crippen LogP contribution in [0.3, 0.4) is 0 Å². The summed E-state index contributed by atoms with van der Waals surface area (Å²) in [4.78, 5) is 36.2. The second kappa shape index (κ2) is 10.9. The molecule has 18 nitrogen and oxygen atoms in total. The Kier molecular flexibility index (Phi) is 7.74. The number of nitrogens with two attached hydrogens (primary N) is 1. The molecule has 4 aliphatic heterocycles. The molecule has 4 fully saturated rings. The van der Waals surface area contributed by atoms with Gasteiger partial charge in [0.2, 0.25) is 5.60 Å². The SMILES string of the molecule is CC(C)(O/N=C(\C(=O)N[C@H]1C2OC1(Cn1cc(CCN3CCNCC3)nn1)N2S(=O)(=O)O)c1csc(N)n1)C(=O)O. The van der Waals surface area contributed by atoms with Gasteiger partial charge in [0.25, 0.3) is 5.91 Å². The molecular formula is C21H30N10O8S2. The molecule has 6 heterocycles. The fraction of sp³-hybridized carbons (Fsp3) is 0.619. The number of anilines is 1. The zero-order valence-electron chi connectivity index (χ0n) is 22.1. The van der Waals surface area contributed by atoms with Crippen LogP contribution < -0.4 is 16.4 Å². The predicted octanol–water partition coefficient (Wildman–Crippen LogP) is -2.30. The number of carboxylic acids is 1. The van der Waals surface area contributed by atoms with Crippen molar-refractivity contribution < 1.29 is 37.2 Å². The van der Waals surface area contributed by atoms with E-state index >= 15 is 0 Å². The van der Waals surface area contributed by atoms with E-state index in [9.17, 15) is 27.7 Å². The molecule has 0 saturated carbocycles. The van der Waals surface area contributed by atoms with Crippen LogP contribution in [0.5, 0.6) is 0 Å². The predicted molar refractivity (Wildman–Crippen MR) is 142 cm³/mol. The van der Waals surface area contributed by atoms with Crippen LogP contribution in [0.15, 0.2) is 16.7 Å². The van der Waals surface area contributed by atoms with Gasteiger partial charge in [-0.3, -0.25) is 9.35 Å². The molecule has 6 rings (SSSR count). The van der Waals surface area contributed by atoms with Gasteiger partial charge >= 0.3 is 16.3 Å². The highest BCUT2D eigenvalue weighted by Gasteiger charge is 2.79. The van der Waals surface area contributed by atoms with Crippen molar-refractivity contribution in [3.05, 3.63) is 23.0 Å². The summed E-state index contributed by atoms with van der Waals surface area (Å²) in [6, 6.07) is -0.931. The molecule has 0 aromatic carbocycles. The molecule has 224 valence electrons. The Morgan fingerprint density at radius 2 is 2.12 bits per heavy atom. The monoisotopic (exact) mass is 614 g/mol. The van der Waals surface area contributed by atoms with Gasteiger partial charge in [0.15, 0.2) is 22.8 Å². The van der Waals surface area contributed by atoms with E-state index in [0.29, 0.717) is 12.1 Å². The molecule has 41 heavy (non-hydrogen) atoms. The van der Waals surface area contributed by atoms with E-state index in [1.807, 2.05) is 0 Å². The number of aromatic nitrogens is 4. The summed E-state index contributed by atoms with van der Waals surface area (Å²) in [5.74, 6) is -2.18. The molecule has 0 aliphatic carbocycles. The summed E-state index contributed by atoms with van der Waals surface area (Å²) >= 11 is 1.02. The smallest absolute Gasteiger partial charge is 0.350 e.